The Labute approximate surface area is 156 Å². The Kier molecular flexibility index (Phi) is 7.00. The monoisotopic (exact) mass is 362 g/mol. The molecule has 0 spiro atoms. The number of guanidine groups is 1. The summed E-state index contributed by atoms with van der Waals surface area (Å²) in [6.07, 6.45) is 1.46. The number of carbonyl (C=O) groups excluding carboxylic acids is 1. The summed E-state index contributed by atoms with van der Waals surface area (Å²) in [7, 11) is 0. The zero-order valence-corrected chi connectivity index (χ0v) is 16.3. The van der Waals surface area contributed by atoms with Gasteiger partial charge in [-0.1, -0.05) is 32.9 Å². The predicted octanol–water partition coefficient (Wildman–Crippen LogP) is 2.67. The zero-order valence-electron chi connectivity index (χ0n) is 16.3. The fraction of sp³-hybridized carbons (Fsp3) is 0.600. The number of hydrogen-bond acceptors (Lipinski definition) is 2. The predicted molar refractivity (Wildman–Crippen MR) is 104 cm³/mol. The van der Waals surface area contributed by atoms with Crippen LogP contribution >= 0.6 is 0 Å². The Balaban J connectivity index is 2.01. The second-order valence-electron chi connectivity index (χ2n) is 7.41. The fourth-order valence-corrected chi connectivity index (χ4v) is 3.12. The molecule has 2 N–H and O–H groups in total. The summed E-state index contributed by atoms with van der Waals surface area (Å²) >= 11 is 0. The summed E-state index contributed by atoms with van der Waals surface area (Å²) in [6.45, 7) is 10.8. The smallest absolute Gasteiger partial charge is 0.222 e. The molecule has 0 radical (unpaired) electrons. The summed E-state index contributed by atoms with van der Waals surface area (Å²) in [6, 6.07) is 6.90. The Morgan fingerprint density at radius 3 is 2.81 bits per heavy atom. The Bertz CT molecular complexity index is 644. The average Bonchev–Trinajstić information content (AvgIpc) is 3.08. The standard InChI is InChI=1S/C20H31FN4O/c1-5-18(26)25-11-10-17(13-25)24-19(22-6-2)23-14-20(3,4)15-8-7-9-16(21)12-15/h7-9,12,17H,5-6,10-11,13-14H2,1-4H3,(H2,22,23,24). The van der Waals surface area contributed by atoms with Crippen molar-refractivity contribution in [2.24, 2.45) is 4.99 Å². The molecule has 1 aliphatic rings. The molecule has 144 valence electrons. The number of hydrogen-bond donors (Lipinski definition) is 2. The number of amides is 1. The van der Waals surface area contributed by atoms with Gasteiger partial charge >= 0.3 is 0 Å². The van der Waals surface area contributed by atoms with Gasteiger partial charge in [0.05, 0.1) is 6.54 Å². The first kappa shape index (κ1) is 20.2. The first-order valence-corrected chi connectivity index (χ1v) is 9.44. The number of aliphatic imine (C=N–C) groups is 1. The lowest BCUT2D eigenvalue weighted by Gasteiger charge is -2.25. The zero-order chi connectivity index (χ0) is 19.2. The number of rotatable bonds is 6. The minimum absolute atomic E-state index is 0.198. The van der Waals surface area contributed by atoms with Crippen molar-refractivity contribution in [1.29, 1.82) is 0 Å². The summed E-state index contributed by atoms with van der Waals surface area (Å²) in [5.74, 6) is 0.715. The van der Waals surface area contributed by atoms with Crippen molar-refractivity contribution in [3.63, 3.8) is 0 Å². The highest BCUT2D eigenvalue weighted by atomic mass is 19.1. The van der Waals surface area contributed by atoms with Crippen LogP contribution in [-0.2, 0) is 10.2 Å². The van der Waals surface area contributed by atoms with Gasteiger partial charge in [-0.3, -0.25) is 9.79 Å². The minimum Gasteiger partial charge on any atom is -0.357 e. The molecule has 1 aliphatic heterocycles. The molecule has 1 aromatic rings. The van der Waals surface area contributed by atoms with Crippen LogP contribution in [0.1, 0.15) is 46.1 Å². The number of benzene rings is 1. The van der Waals surface area contributed by atoms with Crippen molar-refractivity contribution in [3.8, 4) is 0 Å². The Hall–Kier alpha value is -2.11. The third-order valence-corrected chi connectivity index (χ3v) is 4.77. The molecule has 0 bridgehead atoms. The molecule has 1 amide bonds. The van der Waals surface area contributed by atoms with Crippen molar-refractivity contribution in [2.45, 2.75) is 52.0 Å². The molecule has 1 aromatic carbocycles. The molecule has 1 heterocycles. The van der Waals surface area contributed by atoms with Crippen LogP contribution in [0.3, 0.4) is 0 Å². The maximum Gasteiger partial charge on any atom is 0.222 e. The van der Waals surface area contributed by atoms with Gasteiger partial charge < -0.3 is 15.5 Å². The van der Waals surface area contributed by atoms with E-state index >= 15 is 0 Å². The van der Waals surface area contributed by atoms with Gasteiger partial charge in [0, 0.05) is 37.5 Å². The van der Waals surface area contributed by atoms with Gasteiger partial charge in [-0.05, 0) is 31.0 Å². The van der Waals surface area contributed by atoms with Crippen molar-refractivity contribution in [2.75, 3.05) is 26.2 Å². The number of nitrogens with zero attached hydrogens (tertiary/aromatic N) is 2. The fourth-order valence-electron chi connectivity index (χ4n) is 3.12. The van der Waals surface area contributed by atoms with E-state index in [9.17, 15) is 9.18 Å². The van der Waals surface area contributed by atoms with Crippen molar-refractivity contribution < 1.29 is 9.18 Å². The van der Waals surface area contributed by atoms with E-state index in [1.54, 1.807) is 12.1 Å². The van der Waals surface area contributed by atoms with Crippen LogP contribution in [0.2, 0.25) is 0 Å². The van der Waals surface area contributed by atoms with E-state index in [1.807, 2.05) is 24.8 Å². The first-order valence-electron chi connectivity index (χ1n) is 9.44. The molecule has 26 heavy (non-hydrogen) atoms. The second-order valence-corrected chi connectivity index (χ2v) is 7.41. The SMILES string of the molecule is CCNC(=NCC(C)(C)c1cccc(F)c1)NC1CCN(C(=O)CC)C1. The van der Waals surface area contributed by atoms with Crippen LogP contribution in [0.4, 0.5) is 4.39 Å². The van der Waals surface area contributed by atoms with Crippen LogP contribution in [-0.4, -0.2) is 49.0 Å². The molecule has 1 fully saturated rings. The van der Waals surface area contributed by atoms with Gasteiger partial charge in [0.25, 0.3) is 0 Å². The van der Waals surface area contributed by atoms with Crippen molar-refractivity contribution in [3.05, 3.63) is 35.6 Å². The van der Waals surface area contributed by atoms with E-state index in [2.05, 4.69) is 24.5 Å². The number of likely N-dealkylation sites (tertiary alicyclic amines) is 1. The van der Waals surface area contributed by atoms with Crippen molar-refractivity contribution in [1.82, 2.24) is 15.5 Å². The Morgan fingerprint density at radius 2 is 2.15 bits per heavy atom. The van der Waals surface area contributed by atoms with E-state index in [0.717, 1.165) is 31.0 Å². The second kappa shape index (κ2) is 9.01. The highest BCUT2D eigenvalue weighted by Crippen LogP contribution is 2.24. The number of nitrogens with one attached hydrogen (secondary N) is 2. The molecule has 0 aromatic heterocycles. The van der Waals surface area contributed by atoms with Crippen LogP contribution in [0.5, 0.6) is 0 Å². The van der Waals surface area contributed by atoms with Gasteiger partial charge in [-0.15, -0.1) is 0 Å². The van der Waals surface area contributed by atoms with Gasteiger partial charge in [0.1, 0.15) is 5.82 Å². The van der Waals surface area contributed by atoms with Gasteiger partial charge in [0.15, 0.2) is 5.96 Å². The van der Waals surface area contributed by atoms with E-state index in [4.69, 9.17) is 4.99 Å². The van der Waals surface area contributed by atoms with Gasteiger partial charge in [-0.2, -0.15) is 0 Å². The summed E-state index contributed by atoms with van der Waals surface area (Å²) in [4.78, 5) is 18.4. The molecule has 1 atom stereocenters. The molecular weight excluding hydrogens is 331 g/mol. The summed E-state index contributed by atoms with van der Waals surface area (Å²) in [5.41, 5.74) is 0.655. The maximum absolute atomic E-state index is 13.5. The highest BCUT2D eigenvalue weighted by Gasteiger charge is 2.26. The first-order chi connectivity index (χ1) is 12.4. The molecule has 2 rings (SSSR count). The molecular formula is C20H31FN4O. The molecule has 1 saturated heterocycles. The van der Waals surface area contributed by atoms with Crippen LogP contribution in [0.15, 0.2) is 29.3 Å². The molecule has 5 nitrogen and oxygen atoms in total. The van der Waals surface area contributed by atoms with Crippen LogP contribution < -0.4 is 10.6 Å². The third kappa shape index (κ3) is 5.44. The van der Waals surface area contributed by atoms with Gasteiger partial charge in [-0.25, -0.2) is 4.39 Å². The molecule has 0 saturated carbocycles. The normalized spacial score (nSPS) is 18.1. The third-order valence-electron chi connectivity index (χ3n) is 4.77. The highest BCUT2D eigenvalue weighted by molar-refractivity contribution is 5.80. The minimum atomic E-state index is -0.273. The molecule has 1 unspecified atom stereocenters. The van der Waals surface area contributed by atoms with Crippen LogP contribution in [0, 0.1) is 5.82 Å². The lowest BCUT2D eigenvalue weighted by molar-refractivity contribution is -0.129. The van der Waals surface area contributed by atoms with Gasteiger partial charge in [0.2, 0.25) is 5.91 Å². The number of halogens is 1. The Morgan fingerprint density at radius 1 is 1.38 bits per heavy atom. The van der Waals surface area contributed by atoms with E-state index in [-0.39, 0.29) is 23.2 Å². The largest absolute Gasteiger partial charge is 0.357 e. The topological polar surface area (TPSA) is 56.7 Å². The van der Waals surface area contributed by atoms with Crippen LogP contribution in [0.25, 0.3) is 0 Å². The molecule has 6 heteroatoms. The van der Waals surface area contributed by atoms with E-state index in [0.29, 0.717) is 19.5 Å². The number of carbonyl (C=O) groups is 1. The average molecular weight is 362 g/mol. The van der Waals surface area contributed by atoms with E-state index < -0.39 is 0 Å². The lowest BCUT2D eigenvalue weighted by atomic mass is 9.85. The summed E-state index contributed by atoms with van der Waals surface area (Å²) in [5, 5.41) is 6.70. The summed E-state index contributed by atoms with van der Waals surface area (Å²) < 4.78 is 13.5. The maximum atomic E-state index is 13.5. The lowest BCUT2D eigenvalue weighted by Crippen LogP contribution is -2.45. The quantitative estimate of drug-likeness (QED) is 0.604. The molecule has 0 aliphatic carbocycles. The van der Waals surface area contributed by atoms with E-state index in [1.165, 1.54) is 6.07 Å². The van der Waals surface area contributed by atoms with Crippen molar-refractivity contribution >= 4 is 11.9 Å².